The van der Waals surface area contributed by atoms with E-state index in [1.807, 2.05) is 0 Å². The van der Waals surface area contributed by atoms with Crippen LogP contribution in [0, 0.1) is 0 Å². The maximum absolute atomic E-state index is 7.11. The first kappa shape index (κ1) is 8.52. The number of hydrogen-bond donors (Lipinski definition) is 0. The minimum Gasteiger partial charge on any atom is -0.610 e. The van der Waals surface area contributed by atoms with Crippen LogP contribution in [0.25, 0.3) is 5.84 Å². The number of piperidine rings is 1. The van der Waals surface area contributed by atoms with Crippen molar-refractivity contribution in [2.45, 2.75) is 19.3 Å². The molecule has 0 aromatic heterocycles. The molecule has 0 aliphatic carbocycles. The van der Waals surface area contributed by atoms with Gasteiger partial charge in [-0.2, -0.15) is 0 Å². The van der Waals surface area contributed by atoms with Gasteiger partial charge in [-0.25, -0.2) is 0 Å². The van der Waals surface area contributed by atoms with Crippen LogP contribution in [0.1, 0.15) is 19.3 Å². The average molecular weight is 106 g/mol. The summed E-state index contributed by atoms with van der Waals surface area (Å²) >= 11 is 0. The maximum Gasteiger partial charge on any atom is 1.00 e. The molecule has 42 valence electrons. The van der Waals surface area contributed by atoms with Crippen molar-refractivity contribution >= 4 is 0 Å². The van der Waals surface area contributed by atoms with Gasteiger partial charge in [-0.05, 0) is 25.9 Å². The molecule has 1 heterocycles. The molecule has 3 heteroatoms. The van der Waals surface area contributed by atoms with Crippen LogP contribution in [0.5, 0.6) is 0 Å². The third kappa shape index (κ3) is 2.73. The van der Waals surface area contributed by atoms with E-state index in [1.54, 1.807) is 5.01 Å². The predicted octanol–water partition coefficient (Wildman–Crippen LogP) is -1.56. The summed E-state index contributed by atoms with van der Waals surface area (Å²) in [5, 5.41) is 1.64. The van der Waals surface area contributed by atoms with Crippen LogP contribution in [0.3, 0.4) is 0 Å². The predicted molar refractivity (Wildman–Crippen MR) is 29.7 cm³/mol. The molecule has 1 rings (SSSR count). The Labute approximate surface area is 62.6 Å². The molecule has 0 unspecified atom stereocenters. The van der Waals surface area contributed by atoms with Crippen molar-refractivity contribution in [1.29, 1.82) is 0 Å². The van der Waals surface area contributed by atoms with Crippen molar-refractivity contribution in [3.05, 3.63) is 5.84 Å². The molecule has 1 aliphatic heterocycles. The Bertz CT molecular complexity index is 52.4. The van der Waals surface area contributed by atoms with Crippen molar-refractivity contribution in [3.63, 3.8) is 0 Å². The van der Waals surface area contributed by atoms with Crippen molar-refractivity contribution in [1.82, 2.24) is 5.01 Å². The zero-order valence-corrected chi connectivity index (χ0v) is 5.48. The Morgan fingerprint density at radius 2 is 1.50 bits per heavy atom. The zero-order chi connectivity index (χ0) is 5.11. The molecule has 0 atom stereocenters. The molecule has 0 amide bonds. The minimum atomic E-state index is 0. The molecule has 1 aliphatic rings. The third-order valence-electron chi connectivity index (χ3n) is 1.36. The molecular formula is C5H11LiN2. The van der Waals surface area contributed by atoms with Crippen LogP contribution in [-0.2, 0) is 0 Å². The van der Waals surface area contributed by atoms with Crippen LogP contribution in [-0.4, -0.2) is 18.1 Å². The van der Waals surface area contributed by atoms with Crippen LogP contribution in [0.15, 0.2) is 0 Å². The Morgan fingerprint density at radius 1 is 1.00 bits per heavy atom. The molecule has 2 nitrogen and oxygen atoms in total. The van der Waals surface area contributed by atoms with E-state index in [4.69, 9.17) is 5.84 Å². The summed E-state index contributed by atoms with van der Waals surface area (Å²) in [4.78, 5) is 0. The van der Waals surface area contributed by atoms with Crippen molar-refractivity contribution < 1.29 is 18.9 Å². The fraction of sp³-hybridized carbons (Fsp3) is 1.00. The van der Waals surface area contributed by atoms with Gasteiger partial charge in [-0.1, -0.05) is 6.42 Å². The van der Waals surface area contributed by atoms with Gasteiger partial charge in [-0.3, -0.25) is 0 Å². The van der Waals surface area contributed by atoms with E-state index in [-0.39, 0.29) is 18.9 Å². The molecule has 1 N–H and O–H groups in total. The molecule has 1 fully saturated rings. The summed E-state index contributed by atoms with van der Waals surface area (Å²) < 4.78 is 0. The van der Waals surface area contributed by atoms with Gasteiger partial charge in [0.1, 0.15) is 0 Å². The van der Waals surface area contributed by atoms with Gasteiger partial charge in [0, 0.05) is 0 Å². The van der Waals surface area contributed by atoms with E-state index in [0.29, 0.717) is 0 Å². The molecule has 0 spiro atoms. The van der Waals surface area contributed by atoms with Gasteiger partial charge >= 0.3 is 18.9 Å². The molecule has 0 radical (unpaired) electrons. The molecule has 1 saturated heterocycles. The number of hydrogen-bond acceptors (Lipinski definition) is 1. The van der Waals surface area contributed by atoms with Gasteiger partial charge in [0.2, 0.25) is 0 Å². The van der Waals surface area contributed by atoms with E-state index < -0.39 is 0 Å². The summed E-state index contributed by atoms with van der Waals surface area (Å²) in [6, 6.07) is 0. The summed E-state index contributed by atoms with van der Waals surface area (Å²) in [5.74, 6) is 7.11. The second-order valence-electron chi connectivity index (χ2n) is 2.05. The summed E-state index contributed by atoms with van der Waals surface area (Å²) in [5.41, 5.74) is 0. The fourth-order valence-electron chi connectivity index (χ4n) is 0.894. The molecular weight excluding hydrogens is 95.0 g/mol. The second-order valence-corrected chi connectivity index (χ2v) is 2.05. The van der Waals surface area contributed by atoms with E-state index >= 15 is 0 Å². The minimum absolute atomic E-state index is 0. The van der Waals surface area contributed by atoms with E-state index in [1.165, 1.54) is 19.3 Å². The van der Waals surface area contributed by atoms with Crippen molar-refractivity contribution in [3.8, 4) is 0 Å². The normalized spacial score (nSPS) is 22.1. The van der Waals surface area contributed by atoms with Gasteiger partial charge in [0.15, 0.2) is 0 Å². The first-order valence-electron chi connectivity index (χ1n) is 2.86. The SMILES string of the molecule is [Li+].[NH-]N1CCCCC1. The van der Waals surface area contributed by atoms with Crippen LogP contribution in [0.2, 0.25) is 0 Å². The Balaban J connectivity index is 0.000000490. The van der Waals surface area contributed by atoms with Gasteiger partial charge in [-0.15, -0.1) is 0 Å². The van der Waals surface area contributed by atoms with E-state index in [2.05, 4.69) is 0 Å². The average Bonchev–Trinajstić information content (AvgIpc) is 1.69. The Hall–Kier alpha value is 0.517. The molecule has 8 heavy (non-hydrogen) atoms. The van der Waals surface area contributed by atoms with Crippen LogP contribution in [0.4, 0.5) is 0 Å². The zero-order valence-electron chi connectivity index (χ0n) is 5.48. The van der Waals surface area contributed by atoms with Crippen LogP contribution >= 0.6 is 0 Å². The molecule has 0 aromatic carbocycles. The van der Waals surface area contributed by atoms with Gasteiger partial charge < -0.3 is 10.9 Å². The monoisotopic (exact) mass is 106 g/mol. The Kier molecular flexibility index (Phi) is 4.69. The van der Waals surface area contributed by atoms with Crippen molar-refractivity contribution in [2.75, 3.05) is 13.1 Å². The summed E-state index contributed by atoms with van der Waals surface area (Å²) in [7, 11) is 0. The quantitative estimate of drug-likeness (QED) is 0.343. The topological polar surface area (TPSA) is 27.0 Å². The smallest absolute Gasteiger partial charge is 0.610 e. The first-order valence-corrected chi connectivity index (χ1v) is 2.86. The van der Waals surface area contributed by atoms with Gasteiger partial charge in [0.25, 0.3) is 0 Å². The Morgan fingerprint density at radius 3 is 1.75 bits per heavy atom. The number of nitrogens with one attached hydrogen (secondary N) is 1. The molecule has 0 aromatic rings. The summed E-state index contributed by atoms with van der Waals surface area (Å²) in [6.45, 7) is 1.97. The largest absolute Gasteiger partial charge is 1.00 e. The molecule has 0 saturated carbocycles. The third-order valence-corrected chi connectivity index (χ3v) is 1.36. The standard InChI is InChI=1S/C5H11N2.Li/c6-7-4-2-1-3-5-7;/h6H,1-5H2;/q-1;+1. The fourth-order valence-corrected chi connectivity index (χ4v) is 0.894. The molecule has 0 bridgehead atoms. The maximum atomic E-state index is 7.11. The number of nitrogens with zero attached hydrogens (tertiary/aromatic N) is 1. The van der Waals surface area contributed by atoms with E-state index in [9.17, 15) is 0 Å². The summed E-state index contributed by atoms with van der Waals surface area (Å²) in [6.07, 6.45) is 3.78. The van der Waals surface area contributed by atoms with Gasteiger partial charge in [0.05, 0.1) is 0 Å². The van der Waals surface area contributed by atoms with E-state index in [0.717, 1.165) is 13.1 Å². The number of rotatable bonds is 0. The first-order chi connectivity index (χ1) is 3.39. The van der Waals surface area contributed by atoms with Crippen molar-refractivity contribution in [2.24, 2.45) is 0 Å². The van der Waals surface area contributed by atoms with Crippen LogP contribution < -0.4 is 18.9 Å². The second kappa shape index (κ2) is 4.40.